The third kappa shape index (κ3) is 5.51. The Morgan fingerprint density at radius 2 is 1.67 bits per heavy atom. The van der Waals surface area contributed by atoms with Crippen molar-refractivity contribution in [1.82, 2.24) is 15.1 Å². The van der Waals surface area contributed by atoms with Crippen molar-refractivity contribution >= 4 is 17.6 Å². The molecular formula is C26H27ClF3N3O3. The van der Waals surface area contributed by atoms with E-state index in [-0.39, 0.29) is 10.8 Å². The van der Waals surface area contributed by atoms with Gasteiger partial charge in [-0.15, -0.1) is 0 Å². The average Bonchev–Trinajstić information content (AvgIpc) is 3.16. The van der Waals surface area contributed by atoms with Crippen molar-refractivity contribution in [1.29, 1.82) is 0 Å². The summed E-state index contributed by atoms with van der Waals surface area (Å²) in [5.74, 6) is -0.928. The van der Waals surface area contributed by atoms with Crippen LogP contribution in [0.25, 0.3) is 11.3 Å². The molecule has 1 unspecified atom stereocenters. The van der Waals surface area contributed by atoms with Crippen LogP contribution in [0, 0.1) is 0 Å². The Morgan fingerprint density at radius 1 is 1.08 bits per heavy atom. The number of aliphatic carboxylic acids is 1. The Hall–Kier alpha value is -3.46. The summed E-state index contributed by atoms with van der Waals surface area (Å²) in [6, 6.07) is 11.6. The van der Waals surface area contributed by atoms with Gasteiger partial charge in [0.2, 0.25) is 0 Å². The molecule has 0 saturated carbocycles. The number of nitrogens with one attached hydrogen (secondary N) is 1. The molecule has 0 aliphatic carbocycles. The Kier molecular flexibility index (Phi) is 7.19. The number of carboxylic acid groups (broad SMARTS) is 1. The van der Waals surface area contributed by atoms with E-state index in [1.165, 1.54) is 26.0 Å². The van der Waals surface area contributed by atoms with Gasteiger partial charge in [0.05, 0.1) is 22.0 Å². The van der Waals surface area contributed by atoms with Crippen LogP contribution < -0.4 is 10.1 Å². The summed E-state index contributed by atoms with van der Waals surface area (Å²) >= 11 is 6.48. The first-order chi connectivity index (χ1) is 16.5. The normalized spacial score (nSPS) is 13.7. The molecule has 0 fully saturated rings. The third-order valence-electron chi connectivity index (χ3n) is 5.75. The fraction of sp³-hybridized carbons (Fsp3) is 0.308. The molecule has 0 aliphatic heterocycles. The molecule has 2 aromatic carbocycles. The van der Waals surface area contributed by atoms with E-state index in [9.17, 15) is 23.1 Å². The molecule has 1 heterocycles. The van der Waals surface area contributed by atoms with Crippen LogP contribution >= 0.6 is 11.6 Å². The highest BCUT2D eigenvalue weighted by molar-refractivity contribution is 6.32. The quantitative estimate of drug-likeness (QED) is 0.359. The van der Waals surface area contributed by atoms with E-state index < -0.39 is 28.8 Å². The molecule has 3 aromatic rings. The van der Waals surface area contributed by atoms with E-state index in [1.807, 2.05) is 6.92 Å². The predicted molar refractivity (Wildman–Crippen MR) is 132 cm³/mol. The van der Waals surface area contributed by atoms with Crippen LogP contribution in [0.15, 0.2) is 60.8 Å². The van der Waals surface area contributed by atoms with Gasteiger partial charge in [0, 0.05) is 18.3 Å². The second kappa shape index (κ2) is 9.54. The maximum Gasteiger partial charge on any atom is 0.416 e. The largest absolute Gasteiger partial charge is 0.478 e. The van der Waals surface area contributed by atoms with Crippen molar-refractivity contribution in [2.75, 3.05) is 0 Å². The first kappa shape index (κ1) is 27.1. The molecule has 1 atom stereocenters. The van der Waals surface area contributed by atoms with Crippen molar-refractivity contribution in [2.24, 2.45) is 7.05 Å². The van der Waals surface area contributed by atoms with Gasteiger partial charge in [-0.05, 0) is 63.6 Å². The first-order valence-corrected chi connectivity index (χ1v) is 11.3. The zero-order valence-corrected chi connectivity index (χ0v) is 21.3. The number of alkyl halides is 3. The van der Waals surface area contributed by atoms with Crippen LogP contribution in [0.4, 0.5) is 13.2 Å². The fourth-order valence-corrected chi connectivity index (χ4v) is 4.05. The molecule has 0 spiro atoms. The van der Waals surface area contributed by atoms with Gasteiger partial charge in [-0.3, -0.25) is 4.68 Å². The predicted octanol–water partition coefficient (Wildman–Crippen LogP) is 6.39. The highest BCUT2D eigenvalue weighted by atomic mass is 35.5. The van der Waals surface area contributed by atoms with Crippen LogP contribution in [-0.2, 0) is 23.6 Å². The number of carboxylic acids is 1. The number of allylic oxidation sites excluding steroid dienone is 1. The maximum absolute atomic E-state index is 13.0. The van der Waals surface area contributed by atoms with Gasteiger partial charge in [-0.2, -0.15) is 18.3 Å². The molecule has 2 N–H and O–H groups in total. The molecule has 6 nitrogen and oxygen atoms in total. The van der Waals surface area contributed by atoms with Crippen LogP contribution in [0.5, 0.6) is 5.75 Å². The highest BCUT2D eigenvalue weighted by Crippen LogP contribution is 2.38. The third-order valence-corrected chi connectivity index (χ3v) is 6.05. The average molecular weight is 522 g/mol. The van der Waals surface area contributed by atoms with Crippen LogP contribution in [0.3, 0.4) is 0 Å². The van der Waals surface area contributed by atoms with Crippen LogP contribution in [0.2, 0.25) is 5.02 Å². The molecule has 10 heteroatoms. The lowest BCUT2D eigenvalue weighted by Crippen LogP contribution is -2.41. The lowest BCUT2D eigenvalue weighted by Gasteiger charge is -2.33. The zero-order valence-electron chi connectivity index (χ0n) is 20.5. The number of hydrogen-bond acceptors (Lipinski definition) is 4. The van der Waals surface area contributed by atoms with Crippen LogP contribution in [0.1, 0.15) is 44.5 Å². The highest BCUT2D eigenvalue weighted by Gasteiger charge is 2.35. The van der Waals surface area contributed by atoms with Crippen molar-refractivity contribution in [3.63, 3.8) is 0 Å². The van der Waals surface area contributed by atoms with Gasteiger partial charge in [0.1, 0.15) is 11.3 Å². The van der Waals surface area contributed by atoms with E-state index in [4.69, 9.17) is 16.3 Å². The second-order valence-corrected chi connectivity index (χ2v) is 9.61. The first-order valence-electron chi connectivity index (χ1n) is 10.9. The molecule has 0 amide bonds. The number of nitrogens with zero attached hydrogens (tertiary/aromatic N) is 2. The van der Waals surface area contributed by atoms with Gasteiger partial charge in [-0.1, -0.05) is 36.4 Å². The van der Waals surface area contributed by atoms with Gasteiger partial charge < -0.3 is 15.2 Å². The minimum Gasteiger partial charge on any atom is -0.478 e. The lowest BCUT2D eigenvalue weighted by molar-refractivity contribution is -0.152. The van der Waals surface area contributed by atoms with Crippen molar-refractivity contribution in [2.45, 2.75) is 45.0 Å². The molecule has 0 radical (unpaired) electrons. The van der Waals surface area contributed by atoms with E-state index in [0.717, 1.165) is 12.1 Å². The molecule has 3 rings (SSSR count). The summed E-state index contributed by atoms with van der Waals surface area (Å²) in [4.78, 5) is 11.4. The number of rotatable bonds is 8. The van der Waals surface area contributed by atoms with Gasteiger partial charge in [0.25, 0.3) is 0 Å². The Morgan fingerprint density at radius 3 is 2.17 bits per heavy atom. The number of benzene rings is 2. The van der Waals surface area contributed by atoms with E-state index in [1.54, 1.807) is 42.9 Å². The zero-order chi connectivity index (χ0) is 27.1. The molecule has 1 aromatic heterocycles. The summed E-state index contributed by atoms with van der Waals surface area (Å²) in [5.41, 5.74) is -0.0533. The Balaban J connectivity index is 2.05. The SMILES string of the molecule is C=C(C)NC(C)(c1ccc(OC(C)(C)C(=O)O)c(Cl)c1)c1cc(-c2ccc(C(F)(F)F)cc2)nn1C. The monoisotopic (exact) mass is 521 g/mol. The Bertz CT molecular complexity index is 1300. The van der Waals surface area contributed by atoms with Crippen molar-refractivity contribution in [3.8, 4) is 17.0 Å². The summed E-state index contributed by atoms with van der Waals surface area (Å²) in [6.45, 7) is 10.5. The standard InChI is InChI=1S/C26H27ClF3N3O3/c1-15(2)31-25(5,18-11-12-21(19(27)13-18)36-24(3,4)23(34)35)22-14-20(32-33(22)6)16-7-9-17(10-8-16)26(28,29)30/h7-14,31H,1H2,2-6H3,(H,34,35). The van der Waals surface area contributed by atoms with Crippen molar-refractivity contribution in [3.05, 3.63) is 82.7 Å². The number of aryl methyl sites for hydroxylation is 1. The number of aromatic nitrogens is 2. The fourth-order valence-electron chi connectivity index (χ4n) is 3.83. The molecular weight excluding hydrogens is 495 g/mol. The number of carbonyl (C=O) groups is 1. The summed E-state index contributed by atoms with van der Waals surface area (Å²) < 4.78 is 46.1. The van der Waals surface area contributed by atoms with Gasteiger partial charge in [0.15, 0.2) is 5.60 Å². The van der Waals surface area contributed by atoms with Crippen molar-refractivity contribution < 1.29 is 27.8 Å². The molecule has 192 valence electrons. The second-order valence-electron chi connectivity index (χ2n) is 9.21. The van der Waals surface area contributed by atoms with E-state index in [2.05, 4.69) is 17.0 Å². The van der Waals surface area contributed by atoms with E-state index >= 15 is 0 Å². The topological polar surface area (TPSA) is 76.4 Å². The smallest absolute Gasteiger partial charge is 0.416 e. The summed E-state index contributed by atoms with van der Waals surface area (Å²) in [6.07, 6.45) is -4.42. The van der Waals surface area contributed by atoms with E-state index in [0.29, 0.717) is 28.2 Å². The number of hydrogen-bond donors (Lipinski definition) is 2. The van der Waals surface area contributed by atoms with Gasteiger partial charge in [-0.25, -0.2) is 4.79 Å². The number of halogens is 4. The van der Waals surface area contributed by atoms with Crippen LogP contribution in [-0.4, -0.2) is 26.5 Å². The molecule has 0 aliphatic rings. The lowest BCUT2D eigenvalue weighted by atomic mass is 9.87. The van der Waals surface area contributed by atoms with Gasteiger partial charge >= 0.3 is 12.1 Å². The number of ether oxygens (including phenoxy) is 1. The molecule has 0 saturated heterocycles. The molecule has 36 heavy (non-hydrogen) atoms. The summed E-state index contributed by atoms with van der Waals surface area (Å²) in [7, 11) is 1.73. The minimum absolute atomic E-state index is 0.209. The molecule has 0 bridgehead atoms. The minimum atomic E-state index is -4.42. The maximum atomic E-state index is 13.0. The summed E-state index contributed by atoms with van der Waals surface area (Å²) in [5, 5.41) is 17.4. The Labute approximate surface area is 212 Å².